The van der Waals surface area contributed by atoms with Crippen molar-refractivity contribution < 1.29 is 0 Å². The minimum atomic E-state index is 0.0909. The maximum Gasteiger partial charge on any atom is 0.0551 e. The van der Waals surface area contributed by atoms with E-state index in [2.05, 4.69) is 87.2 Å². The minimum Gasteiger partial charge on any atom is -0.342 e. The highest BCUT2D eigenvalue weighted by Crippen LogP contribution is 2.31. The summed E-state index contributed by atoms with van der Waals surface area (Å²) < 4.78 is 4.72. The van der Waals surface area contributed by atoms with Gasteiger partial charge in [0.25, 0.3) is 0 Å². The number of aromatic nitrogens is 2. The Morgan fingerprint density at radius 2 is 1.48 bits per heavy atom. The van der Waals surface area contributed by atoms with E-state index in [1.54, 1.807) is 0 Å². The lowest BCUT2D eigenvalue weighted by atomic mass is 10.1. The van der Waals surface area contributed by atoms with E-state index in [-0.39, 0.29) is 5.54 Å². The van der Waals surface area contributed by atoms with Gasteiger partial charge in [0.15, 0.2) is 0 Å². The average Bonchev–Trinajstić information content (AvgIpc) is 2.92. The Balaban J connectivity index is 2.38. The molecular formula is C19H24N2. The summed E-state index contributed by atoms with van der Waals surface area (Å²) in [5.41, 5.74) is 6.55. The van der Waals surface area contributed by atoms with Crippen LogP contribution in [-0.2, 0) is 5.54 Å². The van der Waals surface area contributed by atoms with Crippen LogP contribution >= 0.6 is 0 Å². The zero-order valence-electron chi connectivity index (χ0n) is 13.9. The fourth-order valence-electron chi connectivity index (χ4n) is 3.18. The predicted octanol–water partition coefficient (Wildman–Crippen LogP) is 5.11. The summed E-state index contributed by atoms with van der Waals surface area (Å²) in [6.07, 6.45) is 2.21. The number of rotatable bonds is 1. The Bertz CT molecular complexity index is 791. The number of benzene rings is 1. The largest absolute Gasteiger partial charge is 0.342 e. The van der Waals surface area contributed by atoms with E-state index < -0.39 is 0 Å². The molecule has 0 radical (unpaired) electrons. The van der Waals surface area contributed by atoms with Crippen LogP contribution in [0.1, 0.15) is 37.7 Å². The van der Waals surface area contributed by atoms with Crippen LogP contribution < -0.4 is 0 Å². The monoisotopic (exact) mass is 280 g/mol. The molecule has 0 bridgehead atoms. The first-order chi connectivity index (χ1) is 9.79. The van der Waals surface area contributed by atoms with Gasteiger partial charge in [-0.15, -0.1) is 0 Å². The molecule has 110 valence electrons. The van der Waals surface area contributed by atoms with E-state index in [0.29, 0.717) is 0 Å². The summed E-state index contributed by atoms with van der Waals surface area (Å²) in [6, 6.07) is 11.2. The van der Waals surface area contributed by atoms with Crippen molar-refractivity contribution >= 4 is 10.9 Å². The van der Waals surface area contributed by atoms with Crippen LogP contribution in [0.2, 0.25) is 0 Å². The van der Waals surface area contributed by atoms with E-state index in [1.807, 2.05) is 0 Å². The van der Waals surface area contributed by atoms with Gasteiger partial charge in [-0.1, -0.05) is 0 Å². The van der Waals surface area contributed by atoms with Crippen molar-refractivity contribution in [2.75, 3.05) is 0 Å². The fourth-order valence-corrected chi connectivity index (χ4v) is 3.18. The Hall–Kier alpha value is -1.96. The van der Waals surface area contributed by atoms with Gasteiger partial charge in [0, 0.05) is 28.5 Å². The molecule has 0 saturated carbocycles. The Labute approximate surface area is 127 Å². The van der Waals surface area contributed by atoms with Crippen LogP contribution in [0, 0.1) is 20.8 Å². The highest BCUT2D eigenvalue weighted by atomic mass is 15.0. The number of nitrogens with zero attached hydrogens (tertiary/aromatic N) is 2. The first-order valence-corrected chi connectivity index (χ1v) is 7.56. The first kappa shape index (κ1) is 14.0. The molecule has 0 atom stereocenters. The normalized spacial score (nSPS) is 12.3. The molecule has 0 aliphatic carbocycles. The van der Waals surface area contributed by atoms with Crippen LogP contribution in [0.25, 0.3) is 16.6 Å². The molecule has 1 aromatic carbocycles. The molecule has 3 rings (SSSR count). The number of fused-ring (bicyclic) bond motifs is 1. The molecule has 2 aromatic heterocycles. The van der Waals surface area contributed by atoms with Gasteiger partial charge in [0.1, 0.15) is 0 Å². The van der Waals surface area contributed by atoms with Crippen molar-refractivity contribution in [2.24, 2.45) is 0 Å². The van der Waals surface area contributed by atoms with Gasteiger partial charge in [-0.05, 0) is 77.4 Å². The molecule has 0 N–H and O–H groups in total. The standard InChI is InChI=1S/C19H24N2/c1-13-11-17-16(9-10-20(17)19(4,5)6)18(12-13)21-14(2)7-8-15(21)3/h7-12H,1-6H3. The molecular weight excluding hydrogens is 256 g/mol. The Kier molecular flexibility index (Phi) is 3.01. The third-order valence-electron chi connectivity index (χ3n) is 4.17. The molecule has 0 saturated heterocycles. The van der Waals surface area contributed by atoms with Gasteiger partial charge in [0.05, 0.1) is 11.2 Å². The van der Waals surface area contributed by atoms with Crippen LogP contribution in [0.5, 0.6) is 0 Å². The van der Waals surface area contributed by atoms with Crippen LogP contribution in [-0.4, -0.2) is 9.13 Å². The van der Waals surface area contributed by atoms with Crippen molar-refractivity contribution in [2.45, 2.75) is 47.1 Å². The van der Waals surface area contributed by atoms with Crippen molar-refractivity contribution in [1.29, 1.82) is 0 Å². The lowest BCUT2D eigenvalue weighted by Crippen LogP contribution is -2.20. The molecule has 0 spiro atoms. The van der Waals surface area contributed by atoms with E-state index in [1.165, 1.54) is 33.5 Å². The third kappa shape index (κ3) is 2.19. The number of hydrogen-bond acceptors (Lipinski definition) is 0. The summed E-state index contributed by atoms with van der Waals surface area (Å²) in [5, 5.41) is 1.32. The molecule has 21 heavy (non-hydrogen) atoms. The summed E-state index contributed by atoms with van der Waals surface area (Å²) in [4.78, 5) is 0. The van der Waals surface area contributed by atoms with Crippen molar-refractivity contribution in [3.63, 3.8) is 0 Å². The van der Waals surface area contributed by atoms with Gasteiger partial charge < -0.3 is 9.13 Å². The molecule has 0 fully saturated rings. The van der Waals surface area contributed by atoms with Gasteiger partial charge in [-0.3, -0.25) is 0 Å². The predicted molar refractivity (Wildman–Crippen MR) is 90.5 cm³/mol. The lowest BCUT2D eigenvalue weighted by Gasteiger charge is -2.23. The Morgan fingerprint density at radius 1 is 0.857 bits per heavy atom. The zero-order chi connectivity index (χ0) is 15.4. The van der Waals surface area contributed by atoms with E-state index >= 15 is 0 Å². The summed E-state index contributed by atoms with van der Waals surface area (Å²) in [7, 11) is 0. The molecule has 2 heteroatoms. The van der Waals surface area contributed by atoms with Crippen LogP contribution in [0.15, 0.2) is 36.5 Å². The van der Waals surface area contributed by atoms with E-state index in [4.69, 9.17) is 0 Å². The molecule has 2 nitrogen and oxygen atoms in total. The summed E-state index contributed by atoms with van der Waals surface area (Å²) in [5.74, 6) is 0. The van der Waals surface area contributed by atoms with Gasteiger partial charge >= 0.3 is 0 Å². The number of hydrogen-bond donors (Lipinski definition) is 0. The maximum absolute atomic E-state index is 2.37. The second-order valence-electron chi connectivity index (χ2n) is 7.02. The smallest absolute Gasteiger partial charge is 0.0551 e. The topological polar surface area (TPSA) is 9.86 Å². The fraction of sp³-hybridized carbons (Fsp3) is 0.368. The van der Waals surface area contributed by atoms with Gasteiger partial charge in [-0.2, -0.15) is 0 Å². The second kappa shape index (κ2) is 4.52. The van der Waals surface area contributed by atoms with Gasteiger partial charge in [0.2, 0.25) is 0 Å². The number of aryl methyl sites for hydroxylation is 3. The maximum atomic E-state index is 2.37. The highest BCUT2D eigenvalue weighted by molar-refractivity contribution is 5.90. The van der Waals surface area contributed by atoms with Crippen molar-refractivity contribution in [1.82, 2.24) is 9.13 Å². The second-order valence-corrected chi connectivity index (χ2v) is 7.02. The van der Waals surface area contributed by atoms with Crippen LogP contribution in [0.4, 0.5) is 0 Å². The SMILES string of the molecule is Cc1cc(-n2c(C)ccc2C)c2ccn(C(C)(C)C)c2c1. The van der Waals surface area contributed by atoms with Crippen molar-refractivity contribution in [3.8, 4) is 5.69 Å². The third-order valence-corrected chi connectivity index (χ3v) is 4.17. The van der Waals surface area contributed by atoms with Crippen molar-refractivity contribution in [3.05, 3.63) is 53.5 Å². The minimum absolute atomic E-state index is 0.0909. The van der Waals surface area contributed by atoms with E-state index in [0.717, 1.165) is 0 Å². The summed E-state index contributed by atoms with van der Waals surface area (Å²) in [6.45, 7) is 13.3. The molecule has 2 heterocycles. The molecule has 3 aromatic rings. The van der Waals surface area contributed by atoms with E-state index in [9.17, 15) is 0 Å². The van der Waals surface area contributed by atoms with Crippen LogP contribution in [0.3, 0.4) is 0 Å². The highest BCUT2D eigenvalue weighted by Gasteiger charge is 2.18. The average molecular weight is 280 g/mol. The molecule has 0 unspecified atom stereocenters. The zero-order valence-corrected chi connectivity index (χ0v) is 13.9. The molecule has 0 aliphatic rings. The summed E-state index contributed by atoms with van der Waals surface area (Å²) >= 11 is 0. The van der Waals surface area contributed by atoms with Gasteiger partial charge in [-0.25, -0.2) is 0 Å². The quantitative estimate of drug-likeness (QED) is 0.586. The molecule has 0 amide bonds. The lowest BCUT2D eigenvalue weighted by molar-refractivity contribution is 0.411. The first-order valence-electron chi connectivity index (χ1n) is 7.56. The molecule has 0 aliphatic heterocycles. The Morgan fingerprint density at radius 3 is 2.05 bits per heavy atom.